The fourth-order valence-electron chi connectivity index (χ4n) is 3.08. The van der Waals surface area contributed by atoms with Crippen LogP contribution in [0.1, 0.15) is 55.3 Å². The highest BCUT2D eigenvalue weighted by molar-refractivity contribution is 5.95. The van der Waals surface area contributed by atoms with Gasteiger partial charge in [0.1, 0.15) is 11.5 Å². The van der Waals surface area contributed by atoms with Crippen molar-refractivity contribution in [1.29, 1.82) is 0 Å². The minimum atomic E-state index is -0.762. The fraction of sp³-hybridized carbons (Fsp3) is 0.125. The number of carbonyl (C=O) groups is 6. The number of hydrogen-bond acceptors (Lipinski definition) is 12. The molecule has 226 valence electrons. The van der Waals surface area contributed by atoms with Crippen LogP contribution >= 0.6 is 0 Å². The van der Waals surface area contributed by atoms with Crippen molar-refractivity contribution in [2.75, 3.05) is 13.6 Å². The molecule has 0 aromatic heterocycles. The number of benzene rings is 3. The van der Waals surface area contributed by atoms with Gasteiger partial charge < -0.3 is 28.4 Å². The number of esters is 6. The second-order valence-electron chi connectivity index (χ2n) is 8.93. The van der Waals surface area contributed by atoms with E-state index < -0.39 is 49.4 Å². The van der Waals surface area contributed by atoms with E-state index in [1.54, 1.807) is 0 Å². The molecule has 0 aliphatic heterocycles. The van der Waals surface area contributed by atoms with Crippen LogP contribution in [0.3, 0.4) is 0 Å². The third-order valence-electron chi connectivity index (χ3n) is 5.41. The van der Waals surface area contributed by atoms with Gasteiger partial charge >= 0.3 is 35.8 Å². The monoisotopic (exact) mass is 602 g/mol. The lowest BCUT2D eigenvalue weighted by atomic mass is 10.1. The second kappa shape index (κ2) is 15.3. The maximum absolute atomic E-state index is 12.5. The Balaban J connectivity index is 1.48. The van der Waals surface area contributed by atoms with Crippen molar-refractivity contribution in [2.45, 2.75) is 13.8 Å². The molecule has 0 fully saturated rings. The molecule has 0 spiro atoms. The van der Waals surface area contributed by atoms with Crippen LogP contribution in [-0.2, 0) is 28.5 Å². The van der Waals surface area contributed by atoms with Gasteiger partial charge in [-0.15, -0.1) is 0 Å². The topological polar surface area (TPSA) is 158 Å². The van der Waals surface area contributed by atoms with Gasteiger partial charge in [0.25, 0.3) is 0 Å². The van der Waals surface area contributed by atoms with Crippen LogP contribution in [0.25, 0.3) is 0 Å². The summed E-state index contributed by atoms with van der Waals surface area (Å²) in [5, 5.41) is 0. The molecule has 0 N–H and O–H groups in total. The third-order valence-corrected chi connectivity index (χ3v) is 5.41. The SMILES string of the molecule is C=C(C)C(=O)OCOC(=O)c1ccc(C(=O)Oc2ccc(OC(=O)c3ccc(C(=O)OCOC(=O)C(=C)C)cc3)cc2)cc1. The zero-order valence-corrected chi connectivity index (χ0v) is 23.7. The van der Waals surface area contributed by atoms with Crippen molar-refractivity contribution in [2.24, 2.45) is 0 Å². The third kappa shape index (κ3) is 9.52. The van der Waals surface area contributed by atoms with E-state index in [-0.39, 0.29) is 44.9 Å². The van der Waals surface area contributed by atoms with Gasteiger partial charge in [0.2, 0.25) is 13.6 Å². The Morgan fingerprint density at radius 2 is 0.727 bits per heavy atom. The number of hydrogen-bond donors (Lipinski definition) is 0. The summed E-state index contributed by atoms with van der Waals surface area (Å²) in [6.45, 7) is 8.56. The summed E-state index contributed by atoms with van der Waals surface area (Å²) in [6, 6.07) is 16.5. The molecular weight excluding hydrogens is 576 g/mol. The number of rotatable bonds is 12. The first-order chi connectivity index (χ1) is 20.9. The Morgan fingerprint density at radius 1 is 0.455 bits per heavy atom. The van der Waals surface area contributed by atoms with Crippen molar-refractivity contribution in [1.82, 2.24) is 0 Å². The molecule has 44 heavy (non-hydrogen) atoms. The van der Waals surface area contributed by atoms with E-state index in [0.29, 0.717) is 0 Å². The average molecular weight is 603 g/mol. The fourth-order valence-corrected chi connectivity index (χ4v) is 3.08. The van der Waals surface area contributed by atoms with E-state index in [4.69, 9.17) is 28.4 Å². The summed E-state index contributed by atoms with van der Waals surface area (Å²) < 4.78 is 29.7. The first-order valence-electron chi connectivity index (χ1n) is 12.7. The largest absolute Gasteiger partial charge is 0.425 e. The predicted octanol–water partition coefficient (Wildman–Crippen LogP) is 4.59. The molecule has 12 nitrogen and oxygen atoms in total. The van der Waals surface area contributed by atoms with E-state index >= 15 is 0 Å². The Kier molecular flexibility index (Phi) is 11.3. The summed E-state index contributed by atoms with van der Waals surface area (Å²) in [7, 11) is 0. The van der Waals surface area contributed by atoms with Crippen molar-refractivity contribution < 1.29 is 57.2 Å². The highest BCUT2D eigenvalue weighted by Gasteiger charge is 2.15. The predicted molar refractivity (Wildman–Crippen MR) is 152 cm³/mol. The quantitative estimate of drug-likeness (QED) is 0.123. The molecule has 3 aromatic carbocycles. The van der Waals surface area contributed by atoms with Crippen molar-refractivity contribution in [3.63, 3.8) is 0 Å². The standard InChI is InChI=1S/C32H26O12/c1-19(2)27(33)39-17-41-29(35)21-5-9-23(10-6-21)31(37)43-25-13-15-26(16-14-25)44-32(38)24-11-7-22(8-12-24)30(36)42-18-40-28(34)20(3)4/h5-16H,1,3,17-18H2,2,4H3. The van der Waals surface area contributed by atoms with Crippen LogP contribution < -0.4 is 9.47 Å². The molecule has 3 rings (SSSR count). The molecule has 0 aliphatic carbocycles. The minimum Gasteiger partial charge on any atom is -0.425 e. The molecule has 0 saturated carbocycles. The maximum Gasteiger partial charge on any atom is 0.343 e. The average Bonchev–Trinajstić information content (AvgIpc) is 3.01. The first-order valence-corrected chi connectivity index (χ1v) is 12.7. The van der Waals surface area contributed by atoms with Crippen molar-refractivity contribution >= 4 is 35.8 Å². The lowest BCUT2D eigenvalue weighted by Crippen LogP contribution is -2.14. The van der Waals surface area contributed by atoms with E-state index in [0.717, 1.165) is 0 Å². The minimum absolute atomic E-state index is 0.121. The Morgan fingerprint density at radius 3 is 1.00 bits per heavy atom. The van der Waals surface area contributed by atoms with Crippen LogP contribution in [0.15, 0.2) is 97.1 Å². The molecule has 0 bridgehead atoms. The second-order valence-corrected chi connectivity index (χ2v) is 8.93. The van der Waals surface area contributed by atoms with Crippen molar-refractivity contribution in [3.05, 3.63) is 119 Å². The lowest BCUT2D eigenvalue weighted by Gasteiger charge is -2.08. The zero-order valence-electron chi connectivity index (χ0n) is 23.7. The van der Waals surface area contributed by atoms with Gasteiger partial charge in [-0.25, -0.2) is 28.8 Å². The molecule has 0 heterocycles. The molecule has 12 heteroatoms. The smallest absolute Gasteiger partial charge is 0.343 e. The summed E-state index contributed by atoms with van der Waals surface area (Å²) in [6.07, 6.45) is 0. The van der Waals surface area contributed by atoms with Crippen LogP contribution in [0.5, 0.6) is 11.5 Å². The molecular formula is C32H26O12. The van der Waals surface area contributed by atoms with E-state index in [1.807, 2.05) is 0 Å². The first kappa shape index (κ1) is 32.5. The summed E-state index contributed by atoms with van der Waals surface area (Å²) >= 11 is 0. The zero-order chi connectivity index (χ0) is 32.2. The van der Waals surface area contributed by atoms with Gasteiger partial charge in [0.05, 0.1) is 22.3 Å². The number of ether oxygens (including phenoxy) is 6. The van der Waals surface area contributed by atoms with Gasteiger partial charge in [-0.3, -0.25) is 0 Å². The molecule has 0 aliphatic rings. The molecule has 0 unspecified atom stereocenters. The molecule has 0 saturated heterocycles. The highest BCUT2D eigenvalue weighted by Crippen LogP contribution is 2.20. The van der Waals surface area contributed by atoms with E-state index in [9.17, 15) is 28.8 Å². The molecule has 3 aromatic rings. The highest BCUT2D eigenvalue weighted by atomic mass is 16.7. The van der Waals surface area contributed by atoms with Gasteiger partial charge in [-0.2, -0.15) is 0 Å². The number of carbonyl (C=O) groups excluding carboxylic acids is 6. The van der Waals surface area contributed by atoms with E-state index in [1.165, 1.54) is 86.6 Å². The Bertz CT molecular complexity index is 1460. The van der Waals surface area contributed by atoms with Crippen LogP contribution in [-0.4, -0.2) is 49.4 Å². The van der Waals surface area contributed by atoms with E-state index in [2.05, 4.69) is 13.2 Å². The van der Waals surface area contributed by atoms with Gasteiger partial charge in [0, 0.05) is 11.1 Å². The molecule has 0 amide bonds. The normalized spacial score (nSPS) is 10.0. The molecule has 0 atom stereocenters. The maximum atomic E-state index is 12.5. The molecule has 0 radical (unpaired) electrons. The van der Waals surface area contributed by atoms with Gasteiger partial charge in [-0.1, -0.05) is 13.2 Å². The van der Waals surface area contributed by atoms with Gasteiger partial charge in [-0.05, 0) is 86.6 Å². The summed E-state index contributed by atoms with van der Waals surface area (Å²) in [5.74, 6) is -4.02. The lowest BCUT2D eigenvalue weighted by molar-refractivity contribution is -0.148. The van der Waals surface area contributed by atoms with Crippen LogP contribution in [0, 0.1) is 0 Å². The summed E-state index contributed by atoms with van der Waals surface area (Å²) in [4.78, 5) is 71.8. The van der Waals surface area contributed by atoms with Crippen LogP contribution in [0.2, 0.25) is 0 Å². The van der Waals surface area contributed by atoms with Crippen molar-refractivity contribution in [3.8, 4) is 11.5 Å². The Labute approximate surface area is 251 Å². The van der Waals surface area contributed by atoms with Gasteiger partial charge in [0.15, 0.2) is 0 Å². The summed E-state index contributed by atoms with van der Waals surface area (Å²) in [5.41, 5.74) is 0.848. The Hall–Kier alpha value is -6.04. The van der Waals surface area contributed by atoms with Crippen LogP contribution in [0.4, 0.5) is 0 Å².